The van der Waals surface area contributed by atoms with E-state index in [0.29, 0.717) is 27.8 Å². The minimum atomic E-state index is -0.251. The molecule has 0 atom stereocenters. The third kappa shape index (κ3) is 3.29. The monoisotopic (exact) mass is 355 g/mol. The zero-order valence-corrected chi connectivity index (χ0v) is 14.6. The molecule has 6 nitrogen and oxygen atoms in total. The Balaban J connectivity index is 2.08. The third-order valence-electron chi connectivity index (χ3n) is 3.98. The Kier molecular flexibility index (Phi) is 4.37. The van der Waals surface area contributed by atoms with Gasteiger partial charge in [-0.1, -0.05) is 23.7 Å². The molecule has 0 bridgehead atoms. The number of nitrogens with zero attached hydrogens (tertiary/aromatic N) is 2. The van der Waals surface area contributed by atoms with Gasteiger partial charge in [0.05, 0.1) is 16.4 Å². The highest BCUT2D eigenvalue weighted by Crippen LogP contribution is 2.27. The van der Waals surface area contributed by atoms with Crippen LogP contribution < -0.4 is 22.3 Å². The second-order valence-electron chi connectivity index (χ2n) is 5.77. The van der Waals surface area contributed by atoms with Gasteiger partial charge in [0.1, 0.15) is 0 Å². The fraction of sp³-hybridized carbons (Fsp3) is 0.111. The topological polar surface area (TPSA) is 99.0 Å². The van der Waals surface area contributed by atoms with Gasteiger partial charge >= 0.3 is 0 Å². The Bertz CT molecular complexity index is 1010. The molecule has 0 amide bonds. The summed E-state index contributed by atoms with van der Waals surface area (Å²) in [6.07, 6.45) is 1.69. The first-order valence-corrected chi connectivity index (χ1v) is 8.00. The van der Waals surface area contributed by atoms with Crippen LogP contribution in [0.25, 0.3) is 11.3 Å². The second-order valence-corrected chi connectivity index (χ2v) is 6.18. The number of anilines is 4. The molecule has 0 saturated heterocycles. The molecule has 1 aromatic heterocycles. The van der Waals surface area contributed by atoms with E-state index in [1.54, 1.807) is 31.4 Å². The number of benzene rings is 2. The van der Waals surface area contributed by atoms with Gasteiger partial charge in [0, 0.05) is 30.2 Å². The van der Waals surface area contributed by atoms with E-state index in [-0.39, 0.29) is 11.4 Å². The van der Waals surface area contributed by atoms with Crippen LogP contribution in [0.1, 0.15) is 5.56 Å². The van der Waals surface area contributed by atoms with Gasteiger partial charge in [0.2, 0.25) is 0 Å². The summed E-state index contributed by atoms with van der Waals surface area (Å²) in [5.74, 6) is 0.198. The van der Waals surface area contributed by atoms with Crippen LogP contribution in [0, 0.1) is 6.92 Å². The summed E-state index contributed by atoms with van der Waals surface area (Å²) in [6, 6.07) is 10.7. The number of aromatic nitrogens is 2. The van der Waals surface area contributed by atoms with Gasteiger partial charge in [-0.3, -0.25) is 4.79 Å². The van der Waals surface area contributed by atoms with Crippen LogP contribution in [0.5, 0.6) is 0 Å². The highest BCUT2D eigenvalue weighted by Gasteiger charge is 2.12. The Morgan fingerprint density at radius 3 is 2.64 bits per heavy atom. The molecule has 0 aliphatic heterocycles. The van der Waals surface area contributed by atoms with Crippen LogP contribution in [-0.4, -0.2) is 9.55 Å². The zero-order valence-electron chi connectivity index (χ0n) is 13.9. The summed E-state index contributed by atoms with van der Waals surface area (Å²) in [4.78, 5) is 16.9. The predicted octanol–water partition coefficient (Wildman–Crippen LogP) is 3.32. The first-order valence-electron chi connectivity index (χ1n) is 7.62. The number of nitrogens with one attached hydrogen (secondary N) is 1. The van der Waals surface area contributed by atoms with Gasteiger partial charge in [-0.2, -0.15) is 0 Å². The third-order valence-corrected chi connectivity index (χ3v) is 4.33. The molecule has 0 aliphatic carbocycles. The molecule has 7 heteroatoms. The van der Waals surface area contributed by atoms with E-state index in [0.717, 1.165) is 11.1 Å². The fourth-order valence-electron chi connectivity index (χ4n) is 2.51. The summed E-state index contributed by atoms with van der Waals surface area (Å²) in [6.45, 7) is 1.92. The van der Waals surface area contributed by atoms with Crippen molar-refractivity contribution in [1.29, 1.82) is 0 Å². The van der Waals surface area contributed by atoms with Gasteiger partial charge in [-0.15, -0.1) is 0 Å². The van der Waals surface area contributed by atoms with Crippen molar-refractivity contribution in [3.63, 3.8) is 0 Å². The van der Waals surface area contributed by atoms with E-state index in [2.05, 4.69) is 10.3 Å². The second kappa shape index (κ2) is 6.49. The van der Waals surface area contributed by atoms with Gasteiger partial charge < -0.3 is 21.4 Å². The Morgan fingerprint density at radius 2 is 1.92 bits per heavy atom. The quantitative estimate of drug-likeness (QED) is 0.626. The molecule has 0 fully saturated rings. The average molecular weight is 356 g/mol. The fourth-order valence-corrected chi connectivity index (χ4v) is 2.62. The van der Waals surface area contributed by atoms with Crippen LogP contribution in [0.2, 0.25) is 5.02 Å². The standard InChI is InChI=1S/C18H18ClN5O/c1-10-12(4-3-5-14(10)20)16-9-24(2)18(25)17(23-16)22-11-6-7-13(19)15(21)8-11/h3-9H,20-21H2,1-2H3,(H,22,23). The lowest BCUT2D eigenvalue weighted by Gasteiger charge is -2.12. The number of aryl methyl sites for hydroxylation is 1. The number of rotatable bonds is 3. The maximum absolute atomic E-state index is 12.4. The number of halogens is 1. The number of hydrogen-bond acceptors (Lipinski definition) is 5. The largest absolute Gasteiger partial charge is 0.398 e. The van der Waals surface area contributed by atoms with Gasteiger partial charge in [-0.25, -0.2) is 4.98 Å². The Labute approximate surface area is 150 Å². The highest BCUT2D eigenvalue weighted by atomic mass is 35.5. The molecule has 0 radical (unpaired) electrons. The van der Waals surface area contributed by atoms with Crippen LogP contribution in [0.3, 0.4) is 0 Å². The molecular weight excluding hydrogens is 338 g/mol. The molecular formula is C18H18ClN5O. The van der Waals surface area contributed by atoms with Crippen LogP contribution in [0.15, 0.2) is 47.4 Å². The maximum Gasteiger partial charge on any atom is 0.293 e. The first kappa shape index (κ1) is 16.9. The Morgan fingerprint density at radius 1 is 1.16 bits per heavy atom. The molecule has 1 heterocycles. The molecule has 3 rings (SSSR count). The van der Waals surface area contributed by atoms with Crippen molar-refractivity contribution < 1.29 is 0 Å². The lowest BCUT2D eigenvalue weighted by Crippen LogP contribution is -2.21. The van der Waals surface area contributed by atoms with E-state index in [1.165, 1.54) is 4.57 Å². The van der Waals surface area contributed by atoms with Crippen molar-refractivity contribution in [2.75, 3.05) is 16.8 Å². The lowest BCUT2D eigenvalue weighted by molar-refractivity contribution is 0.848. The number of nitrogen functional groups attached to an aromatic ring is 2. The van der Waals surface area contributed by atoms with E-state index < -0.39 is 0 Å². The SMILES string of the molecule is Cc1c(N)cccc1-c1cn(C)c(=O)c(Nc2ccc(Cl)c(N)c2)n1. The van der Waals surface area contributed by atoms with Crippen LogP contribution in [0.4, 0.5) is 22.9 Å². The molecule has 0 unspecified atom stereocenters. The molecule has 0 saturated carbocycles. The van der Waals surface area contributed by atoms with E-state index in [1.807, 2.05) is 25.1 Å². The van der Waals surface area contributed by atoms with Crippen molar-refractivity contribution in [2.24, 2.45) is 7.05 Å². The predicted molar refractivity (Wildman–Crippen MR) is 103 cm³/mol. The van der Waals surface area contributed by atoms with Gasteiger partial charge in [0.15, 0.2) is 5.82 Å². The lowest BCUT2D eigenvalue weighted by atomic mass is 10.0. The van der Waals surface area contributed by atoms with Crippen molar-refractivity contribution >= 4 is 34.5 Å². The number of hydrogen-bond donors (Lipinski definition) is 3. The van der Waals surface area contributed by atoms with E-state index >= 15 is 0 Å². The zero-order chi connectivity index (χ0) is 18.1. The van der Waals surface area contributed by atoms with Crippen LogP contribution in [-0.2, 0) is 7.05 Å². The molecule has 25 heavy (non-hydrogen) atoms. The van der Waals surface area contributed by atoms with E-state index in [4.69, 9.17) is 23.1 Å². The van der Waals surface area contributed by atoms with Gasteiger partial charge in [-0.05, 0) is 36.8 Å². The minimum Gasteiger partial charge on any atom is -0.398 e. The summed E-state index contributed by atoms with van der Waals surface area (Å²) in [5, 5.41) is 3.47. The smallest absolute Gasteiger partial charge is 0.293 e. The van der Waals surface area contributed by atoms with Crippen molar-refractivity contribution in [1.82, 2.24) is 9.55 Å². The first-order chi connectivity index (χ1) is 11.9. The molecule has 0 aliphatic rings. The summed E-state index contributed by atoms with van der Waals surface area (Å²) >= 11 is 5.93. The highest BCUT2D eigenvalue weighted by molar-refractivity contribution is 6.33. The van der Waals surface area contributed by atoms with Crippen molar-refractivity contribution in [3.05, 3.63) is 63.5 Å². The molecule has 2 aromatic carbocycles. The maximum atomic E-state index is 12.4. The molecule has 0 spiro atoms. The molecule has 3 aromatic rings. The summed E-state index contributed by atoms with van der Waals surface area (Å²) in [5.41, 5.74) is 15.7. The van der Waals surface area contributed by atoms with Crippen molar-refractivity contribution in [3.8, 4) is 11.3 Å². The van der Waals surface area contributed by atoms with E-state index in [9.17, 15) is 4.79 Å². The van der Waals surface area contributed by atoms with Crippen molar-refractivity contribution in [2.45, 2.75) is 6.92 Å². The summed E-state index contributed by atoms with van der Waals surface area (Å²) in [7, 11) is 1.68. The van der Waals surface area contributed by atoms with Gasteiger partial charge in [0.25, 0.3) is 5.56 Å². The average Bonchev–Trinajstić information content (AvgIpc) is 2.57. The normalized spacial score (nSPS) is 10.7. The Hall–Kier alpha value is -2.99. The number of nitrogens with two attached hydrogens (primary N) is 2. The summed E-state index contributed by atoms with van der Waals surface area (Å²) < 4.78 is 1.48. The molecule has 128 valence electrons. The minimum absolute atomic E-state index is 0.198. The van der Waals surface area contributed by atoms with Crippen LogP contribution >= 0.6 is 11.6 Å². The molecule has 5 N–H and O–H groups in total.